The van der Waals surface area contributed by atoms with Crippen LogP contribution in [0.5, 0.6) is 0 Å². The van der Waals surface area contributed by atoms with Crippen molar-refractivity contribution in [2.75, 3.05) is 0 Å². The van der Waals surface area contributed by atoms with Crippen LogP contribution in [0.15, 0.2) is 60.7 Å². The zero-order chi connectivity index (χ0) is 12.8. The molecule has 1 heteroatoms. The van der Waals surface area contributed by atoms with E-state index in [9.17, 15) is 0 Å². The lowest BCUT2D eigenvalue weighted by molar-refractivity contribution is 1.29. The molecule has 0 bridgehead atoms. The maximum atomic E-state index is 4.71. The highest BCUT2D eigenvalue weighted by molar-refractivity contribution is 6.11. The molecule has 3 aromatic carbocycles. The highest BCUT2D eigenvalue weighted by atomic mass is 14.7. The van der Waals surface area contributed by atoms with Crippen molar-refractivity contribution < 1.29 is 0 Å². The summed E-state index contributed by atoms with van der Waals surface area (Å²) in [4.78, 5) is 4.71. The van der Waals surface area contributed by atoms with Gasteiger partial charge in [0.2, 0.25) is 0 Å². The molecule has 0 atom stereocenters. The summed E-state index contributed by atoms with van der Waals surface area (Å²) in [7, 11) is 0. The number of hydrogen-bond acceptors (Lipinski definition) is 1. The second kappa shape index (κ2) is 3.79. The zero-order valence-corrected chi connectivity index (χ0v) is 10.7. The van der Waals surface area contributed by atoms with E-state index in [1.165, 1.54) is 26.9 Å². The maximum Gasteiger partial charge on any atom is 0.0711 e. The summed E-state index contributed by atoms with van der Waals surface area (Å²) >= 11 is 0. The predicted octanol–water partition coefficient (Wildman–Crippen LogP) is 4.85. The molecule has 1 aromatic heterocycles. The van der Waals surface area contributed by atoms with Crippen LogP contribution < -0.4 is 0 Å². The lowest BCUT2D eigenvalue weighted by Crippen LogP contribution is -1.88. The van der Waals surface area contributed by atoms with Gasteiger partial charge in [0, 0.05) is 16.5 Å². The highest BCUT2D eigenvalue weighted by Crippen LogP contribution is 2.30. The second-order valence-electron chi connectivity index (χ2n) is 4.96. The Labute approximate surface area is 111 Å². The van der Waals surface area contributed by atoms with Crippen molar-refractivity contribution in [2.45, 2.75) is 6.92 Å². The number of fused-ring (bicyclic) bond motifs is 4. The van der Waals surface area contributed by atoms with E-state index in [-0.39, 0.29) is 0 Å². The van der Waals surface area contributed by atoms with Crippen LogP contribution in [0, 0.1) is 6.92 Å². The Morgan fingerprint density at radius 2 is 1.32 bits per heavy atom. The normalized spacial score (nSPS) is 11.4. The minimum atomic E-state index is 1.07. The van der Waals surface area contributed by atoms with Crippen molar-refractivity contribution in [3.05, 3.63) is 66.4 Å². The summed E-state index contributed by atoms with van der Waals surface area (Å²) in [6.07, 6.45) is 0. The number of benzene rings is 3. The third kappa shape index (κ3) is 1.52. The highest BCUT2D eigenvalue weighted by Gasteiger charge is 2.06. The lowest BCUT2D eigenvalue weighted by Gasteiger charge is -2.08. The van der Waals surface area contributed by atoms with Crippen molar-refractivity contribution in [2.24, 2.45) is 0 Å². The summed E-state index contributed by atoms with van der Waals surface area (Å²) in [6.45, 7) is 2.09. The average molecular weight is 243 g/mol. The van der Waals surface area contributed by atoms with E-state index in [1.54, 1.807) is 0 Å². The molecular formula is C18H13N. The molecule has 0 N–H and O–H groups in total. The molecule has 0 amide bonds. The topological polar surface area (TPSA) is 12.9 Å². The molecule has 0 unspecified atom stereocenters. The number of nitrogens with zero attached hydrogens (tertiary/aromatic N) is 1. The van der Waals surface area contributed by atoms with Gasteiger partial charge >= 0.3 is 0 Å². The Balaban J connectivity index is 2.30. The first-order chi connectivity index (χ1) is 9.33. The van der Waals surface area contributed by atoms with Crippen LogP contribution in [0.1, 0.15) is 5.69 Å². The van der Waals surface area contributed by atoms with Crippen LogP contribution >= 0.6 is 0 Å². The SMILES string of the molecule is Cc1nc2ccccc2c2cc3ccccc3cc12. The predicted molar refractivity (Wildman–Crippen MR) is 81.5 cm³/mol. The molecule has 0 aliphatic heterocycles. The summed E-state index contributed by atoms with van der Waals surface area (Å²) in [5, 5.41) is 6.33. The molecule has 1 heterocycles. The van der Waals surface area contributed by atoms with Gasteiger partial charge in [-0.2, -0.15) is 0 Å². The first-order valence-electron chi connectivity index (χ1n) is 6.51. The van der Waals surface area contributed by atoms with Gasteiger partial charge in [0.15, 0.2) is 0 Å². The van der Waals surface area contributed by atoms with Gasteiger partial charge in [-0.3, -0.25) is 4.98 Å². The Morgan fingerprint density at radius 3 is 2.11 bits per heavy atom. The maximum absolute atomic E-state index is 4.71. The molecule has 4 aromatic rings. The van der Waals surface area contributed by atoms with E-state index in [1.807, 2.05) is 6.07 Å². The van der Waals surface area contributed by atoms with E-state index in [2.05, 4.69) is 61.5 Å². The van der Waals surface area contributed by atoms with Gasteiger partial charge in [0.1, 0.15) is 0 Å². The summed E-state index contributed by atoms with van der Waals surface area (Å²) in [5.74, 6) is 0. The number of pyridine rings is 1. The van der Waals surface area contributed by atoms with Crippen LogP contribution in [0.25, 0.3) is 32.4 Å². The Bertz CT molecular complexity index is 922. The van der Waals surface area contributed by atoms with Gasteiger partial charge < -0.3 is 0 Å². The molecule has 19 heavy (non-hydrogen) atoms. The zero-order valence-electron chi connectivity index (χ0n) is 10.7. The number of rotatable bonds is 0. The smallest absolute Gasteiger partial charge is 0.0711 e. The van der Waals surface area contributed by atoms with Gasteiger partial charge in [0.25, 0.3) is 0 Å². The minimum absolute atomic E-state index is 1.07. The van der Waals surface area contributed by atoms with Crippen LogP contribution in [0.3, 0.4) is 0 Å². The van der Waals surface area contributed by atoms with E-state index in [0.717, 1.165) is 11.2 Å². The van der Waals surface area contributed by atoms with Crippen LogP contribution in [-0.2, 0) is 0 Å². The van der Waals surface area contributed by atoms with E-state index in [4.69, 9.17) is 4.98 Å². The fourth-order valence-electron chi connectivity index (χ4n) is 2.80. The number of aromatic nitrogens is 1. The molecule has 0 spiro atoms. The quantitative estimate of drug-likeness (QED) is 0.318. The number of aryl methyl sites for hydroxylation is 1. The fourth-order valence-corrected chi connectivity index (χ4v) is 2.80. The van der Waals surface area contributed by atoms with Crippen LogP contribution in [-0.4, -0.2) is 4.98 Å². The first-order valence-corrected chi connectivity index (χ1v) is 6.51. The van der Waals surface area contributed by atoms with Gasteiger partial charge in [-0.15, -0.1) is 0 Å². The second-order valence-corrected chi connectivity index (χ2v) is 4.96. The van der Waals surface area contributed by atoms with Crippen molar-refractivity contribution in [3.63, 3.8) is 0 Å². The molecule has 0 saturated heterocycles. The first kappa shape index (κ1) is 10.5. The summed E-state index contributed by atoms with van der Waals surface area (Å²) in [6, 6.07) is 21.4. The van der Waals surface area contributed by atoms with Crippen LogP contribution in [0.2, 0.25) is 0 Å². The fraction of sp³-hybridized carbons (Fsp3) is 0.0556. The van der Waals surface area contributed by atoms with Crippen LogP contribution in [0.4, 0.5) is 0 Å². The number of hydrogen-bond donors (Lipinski definition) is 0. The summed E-state index contributed by atoms with van der Waals surface area (Å²) in [5.41, 5.74) is 2.17. The minimum Gasteiger partial charge on any atom is -0.252 e. The molecule has 0 fully saturated rings. The van der Waals surface area contributed by atoms with Gasteiger partial charge in [-0.1, -0.05) is 42.5 Å². The third-order valence-corrected chi connectivity index (χ3v) is 3.76. The number of para-hydroxylation sites is 1. The molecule has 4 rings (SSSR count). The van der Waals surface area contributed by atoms with Crippen molar-refractivity contribution in [3.8, 4) is 0 Å². The molecule has 90 valence electrons. The monoisotopic (exact) mass is 243 g/mol. The molecule has 0 aliphatic rings. The van der Waals surface area contributed by atoms with Crippen molar-refractivity contribution in [1.29, 1.82) is 0 Å². The Morgan fingerprint density at radius 1 is 0.684 bits per heavy atom. The lowest BCUT2D eigenvalue weighted by atomic mass is 10.00. The van der Waals surface area contributed by atoms with Gasteiger partial charge in [-0.25, -0.2) is 0 Å². The third-order valence-electron chi connectivity index (χ3n) is 3.76. The Hall–Kier alpha value is -2.41. The van der Waals surface area contributed by atoms with Gasteiger partial charge in [0.05, 0.1) is 5.52 Å². The molecule has 0 aliphatic carbocycles. The average Bonchev–Trinajstić information content (AvgIpc) is 2.46. The molecule has 0 saturated carbocycles. The van der Waals surface area contributed by atoms with Gasteiger partial charge in [-0.05, 0) is 41.3 Å². The Kier molecular flexibility index (Phi) is 2.10. The van der Waals surface area contributed by atoms with E-state index < -0.39 is 0 Å². The van der Waals surface area contributed by atoms with E-state index in [0.29, 0.717) is 0 Å². The molecule has 1 nitrogen and oxygen atoms in total. The van der Waals surface area contributed by atoms with Crippen molar-refractivity contribution >= 4 is 32.4 Å². The summed E-state index contributed by atoms with van der Waals surface area (Å²) < 4.78 is 0. The van der Waals surface area contributed by atoms with Crippen molar-refractivity contribution in [1.82, 2.24) is 4.98 Å². The molecular weight excluding hydrogens is 230 g/mol. The largest absolute Gasteiger partial charge is 0.252 e. The van der Waals surface area contributed by atoms with E-state index >= 15 is 0 Å². The standard InChI is InChI=1S/C18H13N/c1-12-16-10-13-6-2-3-7-14(13)11-17(16)15-8-4-5-9-18(15)19-12/h2-11H,1H3. The molecule has 0 radical (unpaired) electrons.